The molecule has 2 fully saturated rings. The molecular formula is C31H37F3N6O2. The van der Waals surface area contributed by atoms with Crippen LogP contribution < -0.4 is 19.7 Å². The number of methoxy groups -OCH3 is 1. The number of nitrogens with zero attached hydrogens (tertiary/aromatic N) is 5. The van der Waals surface area contributed by atoms with E-state index in [4.69, 9.17) is 14.5 Å². The fraction of sp³-hybridized carbons (Fsp3) is 0.516. The summed E-state index contributed by atoms with van der Waals surface area (Å²) in [5.74, 6) is 0.520. The van der Waals surface area contributed by atoms with Gasteiger partial charge in [-0.05, 0) is 69.0 Å². The van der Waals surface area contributed by atoms with Crippen molar-refractivity contribution in [2.24, 2.45) is 0 Å². The van der Waals surface area contributed by atoms with Crippen LogP contribution in [0.5, 0.6) is 11.8 Å². The number of pyridine rings is 3. The van der Waals surface area contributed by atoms with E-state index in [-0.39, 0.29) is 17.0 Å². The zero-order chi connectivity index (χ0) is 29.3. The maximum absolute atomic E-state index is 14.0. The maximum atomic E-state index is 14.0. The lowest BCUT2D eigenvalue weighted by Crippen LogP contribution is -2.54. The van der Waals surface area contributed by atoms with Crippen molar-refractivity contribution in [3.05, 3.63) is 59.5 Å². The molecule has 1 spiro atoms. The van der Waals surface area contributed by atoms with Crippen LogP contribution in [-0.2, 0) is 18.1 Å². The molecule has 0 aliphatic carbocycles. The Labute approximate surface area is 244 Å². The molecule has 6 rings (SSSR count). The van der Waals surface area contributed by atoms with Gasteiger partial charge >= 0.3 is 6.18 Å². The summed E-state index contributed by atoms with van der Waals surface area (Å²) in [4.78, 5) is 17.7. The lowest BCUT2D eigenvalue weighted by Gasteiger charge is -2.49. The first-order valence-corrected chi connectivity index (χ1v) is 14.7. The molecule has 0 amide bonds. The van der Waals surface area contributed by atoms with Crippen LogP contribution in [0.3, 0.4) is 0 Å². The van der Waals surface area contributed by atoms with Crippen molar-refractivity contribution in [3.63, 3.8) is 0 Å². The fourth-order valence-corrected chi connectivity index (χ4v) is 6.84. The largest absolute Gasteiger partial charge is 0.481 e. The topological polar surface area (TPSA) is 75.6 Å². The molecule has 0 aromatic carbocycles. The number of nitrogens with one attached hydrogen (secondary N) is 1. The smallest absolute Gasteiger partial charge is 0.435 e. The summed E-state index contributed by atoms with van der Waals surface area (Å²) in [6, 6.07) is 11.5. The number of fused-ring (bicyclic) bond motifs is 2. The van der Waals surface area contributed by atoms with Crippen LogP contribution in [0.1, 0.15) is 49.6 Å². The molecule has 3 aromatic heterocycles. The van der Waals surface area contributed by atoms with Crippen molar-refractivity contribution in [3.8, 4) is 23.0 Å². The second-order valence-electron chi connectivity index (χ2n) is 11.4. The number of halogens is 3. The van der Waals surface area contributed by atoms with Crippen LogP contribution in [0.4, 0.5) is 18.9 Å². The Kier molecular flexibility index (Phi) is 7.97. The Morgan fingerprint density at radius 3 is 2.64 bits per heavy atom. The molecule has 2 saturated heterocycles. The molecule has 0 radical (unpaired) electrons. The molecule has 1 atom stereocenters. The van der Waals surface area contributed by atoms with E-state index < -0.39 is 11.9 Å². The van der Waals surface area contributed by atoms with Crippen LogP contribution in [0.25, 0.3) is 11.3 Å². The van der Waals surface area contributed by atoms with Crippen molar-refractivity contribution >= 4 is 5.69 Å². The first-order valence-electron chi connectivity index (χ1n) is 14.7. The van der Waals surface area contributed by atoms with Crippen LogP contribution in [0, 0.1) is 0 Å². The zero-order valence-electron chi connectivity index (χ0n) is 24.1. The minimum atomic E-state index is -4.57. The molecule has 224 valence electrons. The average molecular weight is 583 g/mol. The molecule has 8 nitrogen and oxygen atoms in total. The first-order chi connectivity index (χ1) is 20.3. The second-order valence-corrected chi connectivity index (χ2v) is 11.4. The third-order valence-corrected chi connectivity index (χ3v) is 8.80. The Balaban J connectivity index is 1.32. The molecule has 3 aliphatic heterocycles. The van der Waals surface area contributed by atoms with Gasteiger partial charge in [0.25, 0.3) is 0 Å². The van der Waals surface area contributed by atoms with Crippen LogP contribution in [0.2, 0.25) is 0 Å². The SMILES string of the molecule is CCOc1ncccc1-c1ccc2c(n1)CN(C[C@H]1CCCN1)CC21CCN(c2ccc(OC)nc2C(F)(F)F)CC1. The van der Waals surface area contributed by atoms with Crippen LogP contribution >= 0.6 is 0 Å². The Hall–Kier alpha value is -3.44. The lowest BCUT2D eigenvalue weighted by molar-refractivity contribution is -0.140. The van der Waals surface area contributed by atoms with Gasteiger partial charge in [-0.2, -0.15) is 13.2 Å². The van der Waals surface area contributed by atoms with Gasteiger partial charge in [-0.1, -0.05) is 6.07 Å². The predicted octanol–water partition coefficient (Wildman–Crippen LogP) is 5.07. The van der Waals surface area contributed by atoms with E-state index in [1.54, 1.807) is 6.20 Å². The molecule has 3 aromatic rings. The number of rotatable bonds is 7. The Bertz CT molecular complexity index is 1400. The summed E-state index contributed by atoms with van der Waals surface area (Å²) in [6.07, 6.45) is 0.904. The molecule has 3 aliphatic rings. The average Bonchev–Trinajstić information content (AvgIpc) is 3.50. The highest BCUT2D eigenvalue weighted by Gasteiger charge is 2.45. The first kappa shape index (κ1) is 28.7. The van der Waals surface area contributed by atoms with Crippen molar-refractivity contribution in [1.82, 2.24) is 25.2 Å². The molecule has 1 N–H and O–H groups in total. The minimum absolute atomic E-state index is 0.0417. The van der Waals surface area contributed by atoms with E-state index in [1.165, 1.54) is 31.2 Å². The van der Waals surface area contributed by atoms with E-state index in [1.807, 2.05) is 30.0 Å². The summed E-state index contributed by atoms with van der Waals surface area (Å²) in [5.41, 5.74) is 2.90. The second kappa shape index (κ2) is 11.7. The number of anilines is 1. The van der Waals surface area contributed by atoms with E-state index in [9.17, 15) is 13.2 Å². The highest BCUT2D eigenvalue weighted by atomic mass is 19.4. The highest BCUT2D eigenvalue weighted by Crippen LogP contribution is 2.45. The summed E-state index contributed by atoms with van der Waals surface area (Å²) in [6.45, 7) is 6.98. The van der Waals surface area contributed by atoms with Gasteiger partial charge in [0.1, 0.15) is 0 Å². The summed E-state index contributed by atoms with van der Waals surface area (Å²) in [5, 5.41) is 3.62. The van der Waals surface area contributed by atoms with E-state index >= 15 is 0 Å². The maximum Gasteiger partial charge on any atom is 0.435 e. The van der Waals surface area contributed by atoms with Crippen molar-refractivity contribution in [1.29, 1.82) is 0 Å². The minimum Gasteiger partial charge on any atom is -0.481 e. The van der Waals surface area contributed by atoms with E-state index in [0.29, 0.717) is 31.6 Å². The molecular weight excluding hydrogens is 545 g/mol. The molecule has 11 heteroatoms. The van der Waals surface area contributed by atoms with Gasteiger partial charge in [0.2, 0.25) is 11.8 Å². The van der Waals surface area contributed by atoms with Crippen molar-refractivity contribution in [2.75, 3.05) is 51.3 Å². The lowest BCUT2D eigenvalue weighted by atomic mass is 9.69. The van der Waals surface area contributed by atoms with Gasteiger partial charge in [0.15, 0.2) is 5.69 Å². The highest BCUT2D eigenvalue weighted by molar-refractivity contribution is 5.65. The number of aromatic nitrogens is 3. The van der Waals surface area contributed by atoms with Gasteiger partial charge in [0, 0.05) is 56.4 Å². The third kappa shape index (κ3) is 5.64. The zero-order valence-corrected chi connectivity index (χ0v) is 24.1. The molecule has 42 heavy (non-hydrogen) atoms. The summed E-state index contributed by atoms with van der Waals surface area (Å²) >= 11 is 0. The molecule has 6 heterocycles. The fourth-order valence-electron chi connectivity index (χ4n) is 6.84. The quantitative estimate of drug-likeness (QED) is 0.414. The van der Waals surface area contributed by atoms with Crippen molar-refractivity contribution < 1.29 is 22.6 Å². The normalized spacial score (nSPS) is 20.5. The van der Waals surface area contributed by atoms with Gasteiger partial charge in [-0.15, -0.1) is 0 Å². The number of alkyl halides is 3. The number of hydrogen-bond acceptors (Lipinski definition) is 8. The van der Waals surface area contributed by atoms with Crippen LogP contribution in [-0.4, -0.2) is 72.3 Å². The Morgan fingerprint density at radius 1 is 1.10 bits per heavy atom. The number of piperidine rings is 1. The summed E-state index contributed by atoms with van der Waals surface area (Å²) < 4.78 is 52.7. The van der Waals surface area contributed by atoms with Crippen LogP contribution in [0.15, 0.2) is 42.6 Å². The standard InChI is InChI=1S/C31H37F3N6O2/c1-3-42-29-22(7-5-15-36-29)24-9-8-23-25(37-24)19-39(18-21-6-4-14-35-21)20-30(23)12-16-40(17-13-30)26-10-11-27(41-2)38-28(26)31(32,33)34/h5,7-11,15,21,35H,3-4,6,12-14,16-20H2,1-2H3/t21-/m1/s1. The van der Waals surface area contributed by atoms with E-state index in [0.717, 1.165) is 62.4 Å². The Morgan fingerprint density at radius 2 is 1.93 bits per heavy atom. The number of ether oxygens (including phenoxy) is 2. The molecule has 0 unspecified atom stereocenters. The monoisotopic (exact) mass is 582 g/mol. The van der Waals surface area contributed by atoms with Crippen molar-refractivity contribution in [2.45, 2.75) is 56.8 Å². The van der Waals surface area contributed by atoms with Gasteiger partial charge in [-0.3, -0.25) is 9.88 Å². The molecule has 0 saturated carbocycles. The number of hydrogen-bond donors (Lipinski definition) is 1. The predicted molar refractivity (Wildman–Crippen MR) is 154 cm³/mol. The summed E-state index contributed by atoms with van der Waals surface area (Å²) in [7, 11) is 1.32. The third-order valence-electron chi connectivity index (χ3n) is 8.80. The van der Waals surface area contributed by atoms with Gasteiger partial charge in [0.05, 0.1) is 36.4 Å². The van der Waals surface area contributed by atoms with E-state index in [2.05, 4.69) is 26.3 Å². The van der Waals surface area contributed by atoms with Gasteiger partial charge < -0.3 is 19.7 Å². The molecule has 0 bridgehead atoms. The van der Waals surface area contributed by atoms with Gasteiger partial charge in [-0.25, -0.2) is 9.97 Å².